The van der Waals surface area contributed by atoms with Gasteiger partial charge in [0.15, 0.2) is 0 Å². The normalized spacial score (nSPS) is 18.5. The molecule has 1 fully saturated rings. The lowest BCUT2D eigenvalue weighted by molar-refractivity contribution is 0.220. The lowest BCUT2D eigenvalue weighted by Crippen LogP contribution is -2.38. The summed E-state index contributed by atoms with van der Waals surface area (Å²) < 4.78 is 33.4. The molecule has 3 heterocycles. The summed E-state index contributed by atoms with van der Waals surface area (Å²) in [5.74, 6) is 0.520. The number of piperidine rings is 1. The van der Waals surface area contributed by atoms with Crippen molar-refractivity contribution >= 4 is 10.0 Å². The smallest absolute Gasteiger partial charge is 0.267 e. The molecule has 8 nitrogen and oxygen atoms in total. The molecule has 140 valence electrons. The molecule has 2 aromatic heterocycles. The third kappa shape index (κ3) is 3.47. The molecule has 1 aliphatic heterocycles. The number of nitrogens with zero attached hydrogens (tertiary/aromatic N) is 5. The van der Waals surface area contributed by atoms with E-state index in [1.165, 1.54) is 4.31 Å². The second-order valence-corrected chi connectivity index (χ2v) is 8.32. The topological polar surface area (TPSA) is 102 Å². The van der Waals surface area contributed by atoms with Gasteiger partial charge in [0.2, 0.25) is 15.9 Å². The van der Waals surface area contributed by atoms with Crippen molar-refractivity contribution in [3.8, 4) is 11.6 Å². The molecule has 1 aliphatic rings. The SMILES string of the molecule is Cc1cnc(-c2nnc([C@@H]3CCCCN3S(=O)(=O)c3ccccc3)o2)cn1. The largest absolute Gasteiger partial charge is 0.417 e. The third-order valence-electron chi connectivity index (χ3n) is 4.53. The summed E-state index contributed by atoms with van der Waals surface area (Å²) in [4.78, 5) is 8.67. The summed E-state index contributed by atoms with van der Waals surface area (Å²) >= 11 is 0. The highest BCUT2D eigenvalue weighted by Gasteiger charge is 2.37. The highest BCUT2D eigenvalue weighted by atomic mass is 32.2. The number of aromatic nitrogens is 4. The predicted molar refractivity (Wildman–Crippen MR) is 97.0 cm³/mol. The van der Waals surface area contributed by atoms with Crippen LogP contribution in [-0.4, -0.2) is 39.4 Å². The van der Waals surface area contributed by atoms with Crippen molar-refractivity contribution in [1.82, 2.24) is 24.5 Å². The van der Waals surface area contributed by atoms with Crippen LogP contribution in [0.4, 0.5) is 0 Å². The van der Waals surface area contributed by atoms with Gasteiger partial charge in [-0.1, -0.05) is 24.6 Å². The average molecular weight is 385 g/mol. The molecular formula is C18H19N5O3S. The minimum Gasteiger partial charge on any atom is -0.417 e. The summed E-state index contributed by atoms with van der Waals surface area (Å²) in [7, 11) is -3.64. The molecule has 3 aromatic rings. The second kappa shape index (κ2) is 7.16. The molecular weight excluding hydrogens is 366 g/mol. The highest BCUT2D eigenvalue weighted by Crippen LogP contribution is 2.35. The van der Waals surface area contributed by atoms with Crippen molar-refractivity contribution in [2.24, 2.45) is 0 Å². The van der Waals surface area contributed by atoms with E-state index >= 15 is 0 Å². The Morgan fingerprint density at radius 2 is 1.89 bits per heavy atom. The van der Waals surface area contributed by atoms with Crippen LogP contribution < -0.4 is 0 Å². The van der Waals surface area contributed by atoms with Gasteiger partial charge in [0.05, 0.1) is 16.8 Å². The number of benzene rings is 1. The van der Waals surface area contributed by atoms with Crippen molar-refractivity contribution in [1.29, 1.82) is 0 Å². The van der Waals surface area contributed by atoms with Crippen LogP contribution in [0.2, 0.25) is 0 Å². The molecule has 27 heavy (non-hydrogen) atoms. The van der Waals surface area contributed by atoms with Crippen LogP contribution in [0.25, 0.3) is 11.6 Å². The monoisotopic (exact) mass is 385 g/mol. The Bertz CT molecular complexity index is 1020. The van der Waals surface area contributed by atoms with Crippen molar-refractivity contribution in [3.63, 3.8) is 0 Å². The van der Waals surface area contributed by atoms with Gasteiger partial charge in [0.25, 0.3) is 5.89 Å². The zero-order valence-electron chi connectivity index (χ0n) is 14.8. The predicted octanol–water partition coefficient (Wildman–Crippen LogP) is 2.75. The van der Waals surface area contributed by atoms with Crippen LogP contribution in [0.15, 0.2) is 52.0 Å². The zero-order chi connectivity index (χ0) is 18.9. The fraction of sp³-hybridized carbons (Fsp3) is 0.333. The Morgan fingerprint density at radius 3 is 2.63 bits per heavy atom. The third-order valence-corrected chi connectivity index (χ3v) is 6.45. The minimum atomic E-state index is -3.64. The summed E-state index contributed by atoms with van der Waals surface area (Å²) in [5, 5.41) is 8.15. The van der Waals surface area contributed by atoms with Gasteiger partial charge in [-0.15, -0.1) is 10.2 Å². The van der Waals surface area contributed by atoms with Crippen LogP contribution in [0.3, 0.4) is 0 Å². The molecule has 9 heteroatoms. The maximum absolute atomic E-state index is 13.1. The summed E-state index contributed by atoms with van der Waals surface area (Å²) in [6, 6.07) is 7.94. The van der Waals surface area contributed by atoms with E-state index in [1.54, 1.807) is 42.7 Å². The lowest BCUT2D eigenvalue weighted by Gasteiger charge is -2.32. The summed E-state index contributed by atoms with van der Waals surface area (Å²) in [6.45, 7) is 2.26. The maximum atomic E-state index is 13.1. The van der Waals surface area contributed by atoms with Crippen LogP contribution in [0.5, 0.6) is 0 Å². The first-order valence-corrected chi connectivity index (χ1v) is 10.2. The first-order valence-electron chi connectivity index (χ1n) is 8.75. The van der Waals surface area contributed by atoms with E-state index in [4.69, 9.17) is 4.42 Å². The zero-order valence-corrected chi connectivity index (χ0v) is 15.6. The minimum absolute atomic E-state index is 0.236. The molecule has 1 atom stereocenters. The molecule has 0 radical (unpaired) electrons. The van der Waals surface area contributed by atoms with Crippen molar-refractivity contribution in [2.45, 2.75) is 37.1 Å². The number of sulfonamides is 1. The van der Waals surface area contributed by atoms with Gasteiger partial charge in [-0.2, -0.15) is 4.31 Å². The first kappa shape index (κ1) is 17.7. The number of aryl methyl sites for hydroxylation is 1. The van der Waals surface area contributed by atoms with Gasteiger partial charge in [-0.25, -0.2) is 13.4 Å². The second-order valence-electron chi connectivity index (χ2n) is 6.43. The molecule has 0 unspecified atom stereocenters. The van der Waals surface area contributed by atoms with Crippen LogP contribution in [-0.2, 0) is 10.0 Å². The Kier molecular flexibility index (Phi) is 4.71. The highest BCUT2D eigenvalue weighted by molar-refractivity contribution is 7.89. The Morgan fingerprint density at radius 1 is 1.07 bits per heavy atom. The molecule has 0 bridgehead atoms. The van der Waals surface area contributed by atoms with Crippen molar-refractivity contribution < 1.29 is 12.8 Å². The van der Waals surface area contributed by atoms with Crippen LogP contribution >= 0.6 is 0 Å². The number of hydrogen-bond donors (Lipinski definition) is 0. The molecule has 0 aliphatic carbocycles. The maximum Gasteiger partial charge on any atom is 0.267 e. The quantitative estimate of drug-likeness (QED) is 0.680. The van der Waals surface area contributed by atoms with Crippen LogP contribution in [0, 0.1) is 6.92 Å². The van der Waals surface area contributed by atoms with E-state index in [9.17, 15) is 8.42 Å². The standard InChI is InChI=1S/C18H19N5O3S/c1-13-11-20-15(12-19-13)17-21-22-18(26-17)16-9-5-6-10-23(16)27(24,25)14-7-3-2-4-8-14/h2-4,7-8,11-12,16H,5-6,9-10H2,1H3/t16-/m0/s1. The molecule has 4 rings (SSSR count). The van der Waals surface area contributed by atoms with Gasteiger partial charge in [0, 0.05) is 12.7 Å². The van der Waals surface area contributed by atoms with Gasteiger partial charge >= 0.3 is 0 Å². The summed E-state index contributed by atoms with van der Waals surface area (Å²) in [6.07, 6.45) is 5.51. The number of hydrogen-bond acceptors (Lipinski definition) is 7. The first-order chi connectivity index (χ1) is 13.1. The van der Waals surface area contributed by atoms with Gasteiger partial charge in [-0.05, 0) is 31.9 Å². The Balaban J connectivity index is 1.66. The van der Waals surface area contributed by atoms with E-state index in [0.29, 0.717) is 18.7 Å². The number of rotatable bonds is 4. The van der Waals surface area contributed by atoms with E-state index in [0.717, 1.165) is 18.5 Å². The Hall–Kier alpha value is -2.65. The van der Waals surface area contributed by atoms with E-state index in [-0.39, 0.29) is 16.7 Å². The molecule has 0 amide bonds. The summed E-state index contributed by atoms with van der Waals surface area (Å²) in [5.41, 5.74) is 1.25. The van der Waals surface area contributed by atoms with Crippen LogP contribution in [0.1, 0.15) is 36.9 Å². The van der Waals surface area contributed by atoms with E-state index in [1.807, 2.05) is 6.92 Å². The fourth-order valence-electron chi connectivity index (χ4n) is 3.14. The Labute approximate surface area is 157 Å². The van der Waals surface area contributed by atoms with Gasteiger partial charge in [-0.3, -0.25) is 4.98 Å². The van der Waals surface area contributed by atoms with Gasteiger partial charge < -0.3 is 4.42 Å². The van der Waals surface area contributed by atoms with Crippen molar-refractivity contribution in [2.75, 3.05) is 6.54 Å². The van der Waals surface area contributed by atoms with Crippen molar-refractivity contribution in [3.05, 3.63) is 54.3 Å². The molecule has 1 saturated heterocycles. The van der Waals surface area contributed by atoms with E-state index in [2.05, 4.69) is 20.2 Å². The average Bonchev–Trinajstić information content (AvgIpc) is 3.19. The van der Waals surface area contributed by atoms with E-state index < -0.39 is 16.1 Å². The van der Waals surface area contributed by atoms with Gasteiger partial charge in [0.1, 0.15) is 11.7 Å². The molecule has 0 N–H and O–H groups in total. The fourth-order valence-corrected chi connectivity index (χ4v) is 4.82. The molecule has 1 aromatic carbocycles. The molecule has 0 spiro atoms. The molecule has 0 saturated carbocycles. The lowest BCUT2D eigenvalue weighted by atomic mass is 10.1.